The quantitative estimate of drug-likeness (QED) is 0.172. The van der Waals surface area contributed by atoms with Crippen LogP contribution >= 0.6 is 22.9 Å². The number of pyridine rings is 2. The summed E-state index contributed by atoms with van der Waals surface area (Å²) in [5.41, 5.74) is 6.58. The fraction of sp³-hybridized carbons (Fsp3) is 0.308. The number of halogens is 2. The Hall–Kier alpha value is -5.07. The molecule has 10 nitrogen and oxygen atoms in total. The van der Waals surface area contributed by atoms with Crippen molar-refractivity contribution < 1.29 is 23.1 Å². The van der Waals surface area contributed by atoms with Crippen LogP contribution in [0.15, 0.2) is 53.1 Å². The van der Waals surface area contributed by atoms with Crippen molar-refractivity contribution in [2.45, 2.75) is 57.0 Å². The van der Waals surface area contributed by atoms with Crippen molar-refractivity contribution in [1.82, 2.24) is 25.1 Å². The number of carbonyl (C=O) groups excluding carboxylic acids is 1. The minimum absolute atomic E-state index is 0.00835. The Labute approximate surface area is 307 Å². The first kappa shape index (κ1) is 31.6. The van der Waals surface area contributed by atoms with Crippen LogP contribution in [0.3, 0.4) is 0 Å². The SMILES string of the molecule is COc1c(F)ccc2c1CC[C@H]2Nc1nccc2cc(-c3c4c(nc(C[C@H]5COc6cc(Cl)ccc65)c3-c3nnc(C)o3)[C@@H]3CCCN3C4=O)sc12. The second kappa shape index (κ2) is 12.0. The second-order valence-electron chi connectivity index (χ2n) is 13.8. The molecule has 4 aromatic heterocycles. The van der Waals surface area contributed by atoms with Crippen molar-refractivity contribution in [3.63, 3.8) is 0 Å². The van der Waals surface area contributed by atoms with Crippen molar-refractivity contribution in [1.29, 1.82) is 0 Å². The fourth-order valence-electron chi connectivity index (χ4n) is 8.59. The van der Waals surface area contributed by atoms with Gasteiger partial charge in [-0.15, -0.1) is 21.5 Å². The van der Waals surface area contributed by atoms with Crippen LogP contribution in [0.25, 0.3) is 32.0 Å². The predicted octanol–water partition coefficient (Wildman–Crippen LogP) is 8.63. The van der Waals surface area contributed by atoms with Crippen LogP contribution < -0.4 is 14.8 Å². The number of rotatable bonds is 7. The van der Waals surface area contributed by atoms with Crippen LogP contribution in [-0.4, -0.2) is 51.2 Å². The zero-order chi connectivity index (χ0) is 35.2. The zero-order valence-electron chi connectivity index (χ0n) is 28.3. The summed E-state index contributed by atoms with van der Waals surface area (Å²) in [4.78, 5) is 27.3. The third kappa shape index (κ3) is 4.83. The number of ether oxygens (including phenoxy) is 2. The smallest absolute Gasteiger partial charge is 0.257 e. The Morgan fingerprint density at radius 1 is 1.10 bits per heavy atom. The van der Waals surface area contributed by atoms with E-state index in [1.165, 1.54) is 13.2 Å². The van der Waals surface area contributed by atoms with Gasteiger partial charge in [0.1, 0.15) is 11.6 Å². The normalized spacial score (nSPS) is 19.9. The lowest BCUT2D eigenvalue weighted by atomic mass is 9.89. The van der Waals surface area contributed by atoms with E-state index >= 15 is 0 Å². The molecule has 1 N–H and O–H groups in total. The lowest BCUT2D eigenvalue weighted by Crippen LogP contribution is -2.22. The molecule has 0 unspecified atom stereocenters. The minimum Gasteiger partial charge on any atom is -0.493 e. The Morgan fingerprint density at radius 2 is 1.98 bits per heavy atom. The van der Waals surface area contributed by atoms with Gasteiger partial charge in [-0.05, 0) is 67.0 Å². The minimum atomic E-state index is -0.356. The summed E-state index contributed by atoms with van der Waals surface area (Å²) in [6.07, 6.45) is 5.60. The van der Waals surface area contributed by atoms with Crippen LogP contribution in [0.4, 0.5) is 10.2 Å². The van der Waals surface area contributed by atoms with Gasteiger partial charge in [-0.1, -0.05) is 23.7 Å². The lowest BCUT2D eigenvalue weighted by molar-refractivity contribution is 0.0776. The first-order chi connectivity index (χ1) is 25.4. The largest absolute Gasteiger partial charge is 0.493 e. The number of nitrogens with zero attached hydrogens (tertiary/aromatic N) is 5. The third-order valence-corrected chi connectivity index (χ3v) is 12.3. The monoisotopic (exact) mass is 734 g/mol. The number of amides is 1. The lowest BCUT2D eigenvalue weighted by Gasteiger charge is -2.18. The van der Waals surface area contributed by atoms with Gasteiger partial charge in [-0.3, -0.25) is 9.78 Å². The van der Waals surface area contributed by atoms with Gasteiger partial charge >= 0.3 is 0 Å². The number of carbonyl (C=O) groups is 1. The molecule has 13 heteroatoms. The van der Waals surface area contributed by atoms with Gasteiger partial charge in [0.2, 0.25) is 11.8 Å². The number of methoxy groups -OCH3 is 1. The van der Waals surface area contributed by atoms with E-state index in [1.807, 2.05) is 35.2 Å². The van der Waals surface area contributed by atoms with Gasteiger partial charge < -0.3 is 24.1 Å². The highest BCUT2D eigenvalue weighted by molar-refractivity contribution is 7.23. The van der Waals surface area contributed by atoms with Crippen molar-refractivity contribution in [3.8, 4) is 33.4 Å². The van der Waals surface area contributed by atoms with Gasteiger partial charge in [-0.2, -0.15) is 0 Å². The molecule has 4 aliphatic rings. The standard InChI is InChI=1S/C39H32ClFN6O4S/c1-18-45-46-38(51-18)31-27(14-20-17-50-29-16-21(40)5-6-22(20)29)43-34-28-4-3-13-47(28)39(48)33(34)32(31)30-15-19-11-12-42-37(36(19)52-30)44-26-10-8-24-23(26)7-9-25(41)35(24)49-2/h5-7,9,11-12,15-16,20,26,28H,3-4,8,10,13-14,17H2,1-2H3,(H,42,44)/t20-,26+,28-/m0/s1. The number of benzene rings is 2. The van der Waals surface area contributed by atoms with Crippen molar-refractivity contribution in [3.05, 3.63) is 99.0 Å². The molecular formula is C39H32ClFN6O4S. The van der Waals surface area contributed by atoms with Gasteiger partial charge in [0.15, 0.2) is 11.6 Å². The number of nitrogens with one attached hydrogen (secondary N) is 1. The summed E-state index contributed by atoms with van der Waals surface area (Å²) >= 11 is 7.87. The highest BCUT2D eigenvalue weighted by Crippen LogP contribution is 2.51. The van der Waals surface area contributed by atoms with E-state index in [2.05, 4.69) is 21.6 Å². The first-order valence-electron chi connectivity index (χ1n) is 17.5. The van der Waals surface area contributed by atoms with Crippen LogP contribution in [0.5, 0.6) is 11.5 Å². The molecule has 10 rings (SSSR count). The Morgan fingerprint density at radius 3 is 2.83 bits per heavy atom. The molecule has 52 heavy (non-hydrogen) atoms. The molecule has 0 saturated carbocycles. The molecule has 6 aromatic rings. The number of hydrogen-bond donors (Lipinski definition) is 1. The average Bonchev–Trinajstić information content (AvgIpc) is 3.99. The van der Waals surface area contributed by atoms with Crippen molar-refractivity contribution in [2.24, 2.45) is 0 Å². The molecule has 0 radical (unpaired) electrons. The van der Waals surface area contributed by atoms with Gasteiger partial charge in [0.25, 0.3) is 5.91 Å². The van der Waals surface area contributed by atoms with E-state index in [1.54, 1.807) is 24.5 Å². The molecule has 0 bridgehead atoms. The van der Waals surface area contributed by atoms with Gasteiger partial charge in [0.05, 0.1) is 53.0 Å². The van der Waals surface area contributed by atoms with E-state index in [4.69, 9.17) is 35.5 Å². The molecule has 1 saturated heterocycles. The number of aromatic nitrogens is 4. The average molecular weight is 735 g/mol. The maximum Gasteiger partial charge on any atom is 0.257 e. The van der Waals surface area contributed by atoms with Gasteiger partial charge in [-0.25, -0.2) is 9.37 Å². The molecule has 3 aliphatic heterocycles. The topological polar surface area (TPSA) is 116 Å². The summed E-state index contributed by atoms with van der Waals surface area (Å²) < 4.78 is 33.2. The molecule has 262 valence electrons. The molecule has 1 amide bonds. The fourth-order valence-corrected chi connectivity index (χ4v) is 9.92. The summed E-state index contributed by atoms with van der Waals surface area (Å²) in [6, 6.07) is 13.0. The number of fused-ring (bicyclic) bond motifs is 6. The molecule has 2 aromatic carbocycles. The van der Waals surface area contributed by atoms with Crippen molar-refractivity contribution >= 4 is 44.7 Å². The van der Waals surface area contributed by atoms with Crippen LogP contribution in [-0.2, 0) is 12.8 Å². The molecule has 7 heterocycles. The molecule has 1 fully saturated rings. The Bertz CT molecular complexity index is 2470. The molecule has 1 aliphatic carbocycles. The molecule has 0 spiro atoms. The highest BCUT2D eigenvalue weighted by atomic mass is 35.5. The maximum atomic E-state index is 14.5. The third-order valence-electron chi connectivity index (χ3n) is 10.9. The van der Waals surface area contributed by atoms with Crippen LogP contribution in [0.1, 0.15) is 81.6 Å². The first-order valence-corrected chi connectivity index (χ1v) is 18.7. The second-order valence-corrected chi connectivity index (χ2v) is 15.3. The predicted molar refractivity (Wildman–Crippen MR) is 195 cm³/mol. The maximum absolute atomic E-state index is 14.5. The zero-order valence-corrected chi connectivity index (χ0v) is 29.9. The van der Waals surface area contributed by atoms with E-state index in [0.717, 1.165) is 79.4 Å². The number of hydrogen-bond acceptors (Lipinski definition) is 10. The Kier molecular flexibility index (Phi) is 7.30. The summed E-state index contributed by atoms with van der Waals surface area (Å²) in [7, 11) is 1.51. The van der Waals surface area contributed by atoms with E-state index < -0.39 is 0 Å². The summed E-state index contributed by atoms with van der Waals surface area (Å²) in [6.45, 7) is 2.93. The number of thiophene rings is 1. The molecular weight excluding hydrogens is 703 g/mol. The highest BCUT2D eigenvalue weighted by Gasteiger charge is 2.45. The summed E-state index contributed by atoms with van der Waals surface area (Å²) in [5.74, 6) is 2.18. The summed E-state index contributed by atoms with van der Waals surface area (Å²) in [5, 5.41) is 14.0. The van der Waals surface area contributed by atoms with E-state index in [-0.39, 0.29) is 29.7 Å². The van der Waals surface area contributed by atoms with Crippen molar-refractivity contribution in [2.75, 3.05) is 25.6 Å². The Balaban J connectivity index is 1.14. The number of anilines is 1. The van der Waals surface area contributed by atoms with E-state index in [0.29, 0.717) is 59.7 Å². The molecule has 3 atom stereocenters. The van der Waals surface area contributed by atoms with Gasteiger partial charge in [0, 0.05) is 58.6 Å². The van der Waals surface area contributed by atoms with Crippen LogP contribution in [0, 0.1) is 12.7 Å². The van der Waals surface area contributed by atoms with Crippen LogP contribution in [0.2, 0.25) is 5.02 Å². The number of aryl methyl sites for hydroxylation is 1. The van der Waals surface area contributed by atoms with E-state index in [9.17, 15) is 9.18 Å².